The number of carbonyl (C=O) groups is 1. The van der Waals surface area contributed by atoms with Crippen molar-refractivity contribution < 1.29 is 9.53 Å². The fourth-order valence-electron chi connectivity index (χ4n) is 3.59. The third kappa shape index (κ3) is 3.72. The van der Waals surface area contributed by atoms with Crippen molar-refractivity contribution >= 4 is 16.7 Å². The van der Waals surface area contributed by atoms with Crippen LogP contribution >= 0.6 is 0 Å². The average Bonchev–Trinajstić information content (AvgIpc) is 2.65. The van der Waals surface area contributed by atoms with Crippen LogP contribution in [0.25, 0.3) is 10.8 Å². The Morgan fingerprint density at radius 2 is 1.83 bits per heavy atom. The Morgan fingerprint density at radius 3 is 2.54 bits per heavy atom. The summed E-state index contributed by atoms with van der Waals surface area (Å²) in [6.45, 7) is 2.01. The third-order valence-electron chi connectivity index (χ3n) is 5.12. The van der Waals surface area contributed by atoms with Crippen LogP contribution in [0.2, 0.25) is 0 Å². The lowest BCUT2D eigenvalue weighted by Crippen LogP contribution is -2.45. The Hall–Kier alpha value is -2.03. The van der Waals surface area contributed by atoms with Gasteiger partial charge in [-0.2, -0.15) is 0 Å². The molecule has 2 aromatic carbocycles. The lowest BCUT2D eigenvalue weighted by Gasteiger charge is -2.33. The summed E-state index contributed by atoms with van der Waals surface area (Å²) in [5, 5.41) is 2.32. The summed E-state index contributed by atoms with van der Waals surface area (Å²) in [7, 11) is 1.94. The molecule has 0 bridgehead atoms. The van der Waals surface area contributed by atoms with Gasteiger partial charge < -0.3 is 9.64 Å². The minimum absolute atomic E-state index is 0.109. The van der Waals surface area contributed by atoms with Crippen LogP contribution in [0.4, 0.5) is 0 Å². The highest BCUT2D eigenvalue weighted by Crippen LogP contribution is 2.25. The molecule has 3 heteroatoms. The highest BCUT2D eigenvalue weighted by Gasteiger charge is 2.28. The molecule has 1 fully saturated rings. The Labute approximate surface area is 144 Å². The van der Waals surface area contributed by atoms with Gasteiger partial charge in [-0.15, -0.1) is 0 Å². The van der Waals surface area contributed by atoms with Crippen molar-refractivity contribution in [1.82, 2.24) is 4.90 Å². The van der Waals surface area contributed by atoms with Gasteiger partial charge in [0.2, 0.25) is 0 Å². The number of likely N-dealkylation sites (N-methyl/N-ethyl adjacent to an activating group) is 1. The molecule has 0 saturated heterocycles. The van der Waals surface area contributed by atoms with Gasteiger partial charge in [-0.25, -0.2) is 0 Å². The maximum atomic E-state index is 12.8. The van der Waals surface area contributed by atoms with E-state index in [4.69, 9.17) is 4.74 Å². The number of amides is 1. The van der Waals surface area contributed by atoms with E-state index < -0.39 is 6.10 Å². The normalized spacial score (nSPS) is 16.8. The van der Waals surface area contributed by atoms with E-state index in [2.05, 4.69) is 12.1 Å². The maximum absolute atomic E-state index is 12.8. The van der Waals surface area contributed by atoms with Crippen LogP contribution in [0.5, 0.6) is 5.75 Å². The van der Waals surface area contributed by atoms with E-state index in [0.717, 1.165) is 24.0 Å². The predicted molar refractivity (Wildman–Crippen MR) is 98.3 cm³/mol. The molecule has 128 valence electrons. The molecular formula is C21H27NO2. The first kappa shape index (κ1) is 16.8. The number of fused-ring (bicyclic) bond motifs is 1. The van der Waals surface area contributed by atoms with Crippen molar-refractivity contribution in [3.05, 3.63) is 42.5 Å². The number of hydrogen-bond acceptors (Lipinski definition) is 2. The number of carbonyl (C=O) groups excluding carboxylic acids is 1. The van der Waals surface area contributed by atoms with Crippen LogP contribution in [0.3, 0.4) is 0 Å². The van der Waals surface area contributed by atoms with Gasteiger partial charge in [0.15, 0.2) is 6.10 Å². The van der Waals surface area contributed by atoms with Crippen molar-refractivity contribution in [2.24, 2.45) is 0 Å². The van der Waals surface area contributed by atoms with Crippen LogP contribution in [0, 0.1) is 0 Å². The van der Waals surface area contributed by atoms with Crippen LogP contribution in [0.1, 0.15) is 45.4 Å². The van der Waals surface area contributed by atoms with Crippen molar-refractivity contribution in [1.29, 1.82) is 0 Å². The van der Waals surface area contributed by atoms with Crippen LogP contribution in [0.15, 0.2) is 42.5 Å². The standard InChI is InChI=1S/C21H27NO2/c1-3-20(21(23)22(2)18-11-5-4-6-12-18)24-19-14-13-16-9-7-8-10-17(16)15-19/h7-10,13-15,18,20H,3-6,11-12H2,1-2H3/t20-/m1/s1. The van der Waals surface area contributed by atoms with Gasteiger partial charge >= 0.3 is 0 Å². The highest BCUT2D eigenvalue weighted by atomic mass is 16.5. The molecule has 0 unspecified atom stereocenters. The summed E-state index contributed by atoms with van der Waals surface area (Å²) in [5.74, 6) is 0.878. The Kier molecular flexibility index (Phi) is 5.39. The number of rotatable bonds is 5. The van der Waals surface area contributed by atoms with Gasteiger partial charge in [-0.1, -0.05) is 56.5 Å². The monoisotopic (exact) mass is 325 g/mol. The topological polar surface area (TPSA) is 29.5 Å². The first-order valence-electron chi connectivity index (χ1n) is 9.11. The van der Waals surface area contributed by atoms with Gasteiger partial charge in [-0.05, 0) is 42.2 Å². The molecule has 0 heterocycles. The van der Waals surface area contributed by atoms with E-state index in [-0.39, 0.29) is 5.91 Å². The molecule has 0 aliphatic heterocycles. The molecule has 0 aromatic heterocycles. The Morgan fingerprint density at radius 1 is 1.12 bits per heavy atom. The fourth-order valence-corrected chi connectivity index (χ4v) is 3.59. The number of nitrogens with zero attached hydrogens (tertiary/aromatic N) is 1. The lowest BCUT2D eigenvalue weighted by molar-refractivity contribution is -0.140. The molecule has 0 spiro atoms. The smallest absolute Gasteiger partial charge is 0.263 e. The molecular weight excluding hydrogens is 298 g/mol. The van der Waals surface area contributed by atoms with E-state index in [1.54, 1.807) is 0 Å². The summed E-state index contributed by atoms with van der Waals surface area (Å²) in [6.07, 6.45) is 6.27. The van der Waals surface area contributed by atoms with Gasteiger partial charge in [0.05, 0.1) is 0 Å². The summed E-state index contributed by atoms with van der Waals surface area (Å²) in [6, 6.07) is 14.6. The second-order valence-electron chi connectivity index (χ2n) is 6.76. The molecule has 0 N–H and O–H groups in total. The van der Waals surface area contributed by atoms with E-state index in [9.17, 15) is 4.79 Å². The molecule has 2 aromatic rings. The highest BCUT2D eigenvalue weighted by molar-refractivity contribution is 5.84. The van der Waals surface area contributed by atoms with Crippen molar-refractivity contribution in [2.75, 3.05) is 7.05 Å². The molecule has 1 saturated carbocycles. The number of ether oxygens (including phenoxy) is 1. The zero-order chi connectivity index (χ0) is 16.9. The number of benzene rings is 2. The van der Waals surface area contributed by atoms with E-state index in [0.29, 0.717) is 12.5 Å². The molecule has 1 atom stereocenters. The van der Waals surface area contributed by atoms with Gasteiger partial charge in [0.25, 0.3) is 5.91 Å². The van der Waals surface area contributed by atoms with Crippen LogP contribution in [-0.4, -0.2) is 30.0 Å². The zero-order valence-electron chi connectivity index (χ0n) is 14.7. The van der Waals surface area contributed by atoms with Crippen LogP contribution < -0.4 is 4.74 Å². The SMILES string of the molecule is CC[C@@H](Oc1ccc2ccccc2c1)C(=O)N(C)C1CCCCC1. The largest absolute Gasteiger partial charge is 0.481 e. The molecule has 1 aliphatic carbocycles. The maximum Gasteiger partial charge on any atom is 0.263 e. The lowest BCUT2D eigenvalue weighted by atomic mass is 9.94. The molecule has 3 nitrogen and oxygen atoms in total. The first-order valence-corrected chi connectivity index (χ1v) is 9.11. The molecule has 1 amide bonds. The predicted octanol–water partition coefficient (Wildman–Crippen LogP) is 4.79. The molecule has 0 radical (unpaired) electrons. The summed E-state index contributed by atoms with van der Waals surface area (Å²) in [5.41, 5.74) is 0. The van der Waals surface area contributed by atoms with Crippen molar-refractivity contribution in [2.45, 2.75) is 57.6 Å². The molecule has 1 aliphatic rings. The first-order chi connectivity index (χ1) is 11.7. The minimum atomic E-state index is -0.405. The van der Waals surface area contributed by atoms with E-state index in [1.807, 2.05) is 49.2 Å². The van der Waals surface area contributed by atoms with Crippen molar-refractivity contribution in [3.8, 4) is 5.75 Å². The minimum Gasteiger partial charge on any atom is -0.481 e. The molecule has 3 rings (SSSR count). The van der Waals surface area contributed by atoms with Gasteiger partial charge in [0, 0.05) is 13.1 Å². The number of hydrogen-bond donors (Lipinski definition) is 0. The summed E-state index contributed by atoms with van der Waals surface area (Å²) >= 11 is 0. The molecule has 24 heavy (non-hydrogen) atoms. The third-order valence-corrected chi connectivity index (χ3v) is 5.12. The van der Waals surface area contributed by atoms with E-state index >= 15 is 0 Å². The fraction of sp³-hybridized carbons (Fsp3) is 0.476. The van der Waals surface area contributed by atoms with Gasteiger partial charge in [-0.3, -0.25) is 4.79 Å². The Balaban J connectivity index is 1.71. The second kappa shape index (κ2) is 7.69. The van der Waals surface area contributed by atoms with E-state index in [1.165, 1.54) is 24.6 Å². The average molecular weight is 325 g/mol. The summed E-state index contributed by atoms with van der Waals surface area (Å²) in [4.78, 5) is 14.8. The zero-order valence-corrected chi connectivity index (χ0v) is 14.7. The van der Waals surface area contributed by atoms with Gasteiger partial charge in [0.1, 0.15) is 5.75 Å². The Bertz CT molecular complexity index is 691. The van der Waals surface area contributed by atoms with Crippen LogP contribution in [-0.2, 0) is 4.79 Å². The second-order valence-corrected chi connectivity index (χ2v) is 6.76. The summed E-state index contributed by atoms with van der Waals surface area (Å²) < 4.78 is 6.05. The quantitative estimate of drug-likeness (QED) is 0.791. The van der Waals surface area contributed by atoms with Crippen molar-refractivity contribution in [3.63, 3.8) is 0 Å².